The van der Waals surface area contributed by atoms with Crippen molar-refractivity contribution in [3.05, 3.63) is 0 Å². The van der Waals surface area contributed by atoms with Crippen LogP contribution in [0, 0.1) is 11.3 Å². The van der Waals surface area contributed by atoms with Crippen LogP contribution in [0.25, 0.3) is 0 Å². The molecule has 0 aliphatic carbocycles. The van der Waals surface area contributed by atoms with Crippen molar-refractivity contribution in [3.8, 4) is 6.07 Å². The summed E-state index contributed by atoms with van der Waals surface area (Å²) < 4.78 is 0. The van der Waals surface area contributed by atoms with E-state index in [2.05, 4.69) is 26.8 Å². The van der Waals surface area contributed by atoms with Crippen molar-refractivity contribution in [2.24, 2.45) is 0 Å². The van der Waals surface area contributed by atoms with Gasteiger partial charge in [-0.05, 0) is 20.8 Å². The molecule has 2 atom stereocenters. The fourth-order valence-corrected chi connectivity index (χ4v) is 1.41. The monoisotopic (exact) mass is 154 g/mol. The molecule has 62 valence electrons. The predicted molar refractivity (Wildman–Crippen MR) is 41.5 cm³/mol. The second kappa shape index (κ2) is 3.21. The van der Waals surface area contributed by atoms with Crippen molar-refractivity contribution < 1.29 is 4.84 Å². The highest BCUT2D eigenvalue weighted by molar-refractivity contribution is 4.90. The Morgan fingerprint density at radius 1 is 1.64 bits per heavy atom. The van der Waals surface area contributed by atoms with Crippen LogP contribution in [-0.4, -0.2) is 23.3 Å². The first kappa shape index (κ1) is 8.51. The zero-order valence-electron chi connectivity index (χ0n) is 7.24. The van der Waals surface area contributed by atoms with Gasteiger partial charge in [0.25, 0.3) is 0 Å². The van der Waals surface area contributed by atoms with Crippen molar-refractivity contribution in [2.75, 3.05) is 0 Å². The van der Waals surface area contributed by atoms with E-state index in [1.807, 2.05) is 5.06 Å². The Morgan fingerprint density at radius 3 is 2.55 bits per heavy atom. The maximum atomic E-state index is 8.58. The third kappa shape index (κ3) is 1.70. The molecule has 0 bridgehead atoms. The van der Waals surface area contributed by atoms with Crippen LogP contribution in [0.4, 0.5) is 0 Å². The standard InChI is InChI=1S/C8H14N2O/c1-6(2)10-7(3)4-8(5-9)11-10/h6-8H,4H2,1-3H3. The first-order valence-corrected chi connectivity index (χ1v) is 4.00. The Balaban J connectivity index is 2.53. The summed E-state index contributed by atoms with van der Waals surface area (Å²) in [5, 5.41) is 10.5. The van der Waals surface area contributed by atoms with E-state index in [4.69, 9.17) is 10.1 Å². The summed E-state index contributed by atoms with van der Waals surface area (Å²) in [5.74, 6) is 0. The van der Waals surface area contributed by atoms with Crippen LogP contribution < -0.4 is 0 Å². The van der Waals surface area contributed by atoms with Crippen molar-refractivity contribution >= 4 is 0 Å². The van der Waals surface area contributed by atoms with Gasteiger partial charge in [0, 0.05) is 18.5 Å². The van der Waals surface area contributed by atoms with E-state index in [0.717, 1.165) is 6.42 Å². The molecule has 0 aromatic carbocycles. The van der Waals surface area contributed by atoms with Crippen molar-refractivity contribution in [2.45, 2.75) is 45.4 Å². The lowest BCUT2D eigenvalue weighted by molar-refractivity contribution is -0.167. The quantitative estimate of drug-likeness (QED) is 0.571. The third-order valence-electron chi connectivity index (χ3n) is 1.89. The Hall–Kier alpha value is -0.590. The number of rotatable bonds is 1. The number of nitrogens with zero attached hydrogens (tertiary/aromatic N) is 2. The molecule has 1 aliphatic heterocycles. The molecule has 0 radical (unpaired) electrons. The molecule has 1 saturated heterocycles. The van der Waals surface area contributed by atoms with Gasteiger partial charge in [0.15, 0.2) is 6.10 Å². The van der Waals surface area contributed by atoms with Crippen LogP contribution in [-0.2, 0) is 4.84 Å². The second-order valence-corrected chi connectivity index (χ2v) is 3.26. The molecule has 1 heterocycles. The van der Waals surface area contributed by atoms with Crippen molar-refractivity contribution in [1.29, 1.82) is 5.26 Å². The molecular weight excluding hydrogens is 140 g/mol. The molecule has 0 spiro atoms. The Bertz CT molecular complexity index is 173. The number of hydrogen-bond acceptors (Lipinski definition) is 3. The second-order valence-electron chi connectivity index (χ2n) is 3.26. The topological polar surface area (TPSA) is 36.3 Å². The maximum Gasteiger partial charge on any atom is 0.167 e. The summed E-state index contributed by atoms with van der Waals surface area (Å²) in [7, 11) is 0. The van der Waals surface area contributed by atoms with Gasteiger partial charge in [0.2, 0.25) is 0 Å². The van der Waals surface area contributed by atoms with E-state index in [0.29, 0.717) is 12.1 Å². The van der Waals surface area contributed by atoms with Gasteiger partial charge < -0.3 is 0 Å². The van der Waals surface area contributed by atoms with Gasteiger partial charge in [-0.2, -0.15) is 10.3 Å². The zero-order chi connectivity index (χ0) is 8.43. The molecular formula is C8H14N2O. The van der Waals surface area contributed by atoms with Crippen LogP contribution in [0.15, 0.2) is 0 Å². The van der Waals surface area contributed by atoms with Crippen LogP contribution >= 0.6 is 0 Å². The molecule has 0 amide bonds. The van der Waals surface area contributed by atoms with Crippen LogP contribution in [0.5, 0.6) is 0 Å². The van der Waals surface area contributed by atoms with Crippen LogP contribution in [0.3, 0.4) is 0 Å². The van der Waals surface area contributed by atoms with E-state index in [1.54, 1.807) is 0 Å². The van der Waals surface area contributed by atoms with E-state index in [9.17, 15) is 0 Å². The summed E-state index contributed by atoms with van der Waals surface area (Å²) >= 11 is 0. The minimum absolute atomic E-state index is 0.229. The van der Waals surface area contributed by atoms with E-state index < -0.39 is 0 Å². The van der Waals surface area contributed by atoms with Gasteiger partial charge >= 0.3 is 0 Å². The highest BCUT2D eigenvalue weighted by atomic mass is 16.7. The number of hydrogen-bond donors (Lipinski definition) is 0. The highest BCUT2D eigenvalue weighted by Crippen LogP contribution is 2.22. The highest BCUT2D eigenvalue weighted by Gasteiger charge is 2.31. The average Bonchev–Trinajstić information content (AvgIpc) is 2.30. The SMILES string of the molecule is CC(C)N1OC(C#N)CC1C. The molecule has 0 saturated carbocycles. The average molecular weight is 154 g/mol. The maximum absolute atomic E-state index is 8.58. The Labute approximate surface area is 67.5 Å². The Morgan fingerprint density at radius 2 is 2.27 bits per heavy atom. The van der Waals surface area contributed by atoms with Gasteiger partial charge in [-0.15, -0.1) is 0 Å². The summed E-state index contributed by atoms with van der Waals surface area (Å²) in [5.41, 5.74) is 0. The Kier molecular flexibility index (Phi) is 2.48. The van der Waals surface area contributed by atoms with Gasteiger partial charge in [0.05, 0.1) is 6.07 Å². The first-order valence-electron chi connectivity index (χ1n) is 4.00. The number of hydroxylamine groups is 2. The van der Waals surface area contributed by atoms with Crippen molar-refractivity contribution in [3.63, 3.8) is 0 Å². The fourth-order valence-electron chi connectivity index (χ4n) is 1.41. The predicted octanol–water partition coefficient (Wildman–Crippen LogP) is 1.31. The molecule has 11 heavy (non-hydrogen) atoms. The molecule has 0 aromatic heterocycles. The zero-order valence-corrected chi connectivity index (χ0v) is 7.24. The molecule has 3 nitrogen and oxygen atoms in total. The fraction of sp³-hybridized carbons (Fsp3) is 0.875. The summed E-state index contributed by atoms with van der Waals surface area (Å²) in [4.78, 5) is 5.36. The lowest BCUT2D eigenvalue weighted by Crippen LogP contribution is -2.32. The normalized spacial score (nSPS) is 32.6. The van der Waals surface area contributed by atoms with Gasteiger partial charge in [0.1, 0.15) is 0 Å². The van der Waals surface area contributed by atoms with E-state index in [-0.39, 0.29) is 6.10 Å². The minimum atomic E-state index is -0.229. The van der Waals surface area contributed by atoms with Gasteiger partial charge in [-0.3, -0.25) is 4.84 Å². The smallest absolute Gasteiger partial charge is 0.167 e. The summed E-state index contributed by atoms with van der Waals surface area (Å²) in [6.07, 6.45) is 0.599. The molecule has 2 unspecified atom stereocenters. The first-order chi connectivity index (χ1) is 5.15. The van der Waals surface area contributed by atoms with Gasteiger partial charge in [-0.1, -0.05) is 0 Å². The van der Waals surface area contributed by atoms with Crippen molar-refractivity contribution in [1.82, 2.24) is 5.06 Å². The third-order valence-corrected chi connectivity index (χ3v) is 1.89. The molecule has 1 fully saturated rings. The van der Waals surface area contributed by atoms with Crippen LogP contribution in [0.1, 0.15) is 27.2 Å². The van der Waals surface area contributed by atoms with E-state index in [1.165, 1.54) is 0 Å². The lowest BCUT2D eigenvalue weighted by Gasteiger charge is -2.22. The molecule has 1 aliphatic rings. The van der Waals surface area contributed by atoms with E-state index >= 15 is 0 Å². The minimum Gasteiger partial charge on any atom is -0.280 e. The van der Waals surface area contributed by atoms with Crippen LogP contribution in [0.2, 0.25) is 0 Å². The molecule has 0 N–H and O–H groups in total. The summed E-state index contributed by atoms with van der Waals surface area (Å²) in [6, 6.07) is 2.85. The molecule has 1 rings (SSSR count). The molecule has 3 heteroatoms. The van der Waals surface area contributed by atoms with Gasteiger partial charge in [-0.25, -0.2) is 0 Å². The molecule has 0 aromatic rings. The summed E-state index contributed by atoms with van der Waals surface area (Å²) in [6.45, 7) is 6.21. The largest absolute Gasteiger partial charge is 0.280 e. The lowest BCUT2D eigenvalue weighted by atomic mass is 10.1. The number of nitriles is 1.